The Balaban J connectivity index is 2.18. The van der Waals surface area contributed by atoms with Crippen LogP contribution in [0.4, 0.5) is 0 Å². The Kier molecular flexibility index (Phi) is 1.36. The Hall–Kier alpha value is -1.32. The van der Waals surface area contributed by atoms with Gasteiger partial charge in [-0.2, -0.15) is 0 Å². The van der Waals surface area contributed by atoms with E-state index in [0.717, 1.165) is 6.42 Å². The molecular weight excluding hydrogens is 172 g/mol. The van der Waals surface area contributed by atoms with Crippen LogP contribution in [0, 0.1) is 10.8 Å². The monoisotopic (exact) mass is 182 g/mol. The second-order valence-electron chi connectivity index (χ2n) is 4.01. The number of rotatable bonds is 2. The number of hydrogen-bond donors (Lipinski definition) is 2. The Morgan fingerprint density at radius 2 is 1.62 bits per heavy atom. The van der Waals surface area contributed by atoms with Crippen LogP contribution >= 0.6 is 0 Å². The Morgan fingerprint density at radius 3 is 1.85 bits per heavy atom. The SMILES string of the molecule is O=C(O)C1(C(=O)O)CC2(C=CC2)C1. The first-order valence-corrected chi connectivity index (χ1v) is 4.15. The van der Waals surface area contributed by atoms with E-state index in [0.29, 0.717) is 0 Å². The summed E-state index contributed by atoms with van der Waals surface area (Å²) in [6.07, 6.45) is 5.21. The molecule has 2 N–H and O–H groups in total. The predicted octanol–water partition coefficient (Wildman–Crippen LogP) is 0.882. The van der Waals surface area contributed by atoms with Gasteiger partial charge in [0.25, 0.3) is 0 Å². The third-order valence-corrected chi connectivity index (χ3v) is 3.12. The third-order valence-electron chi connectivity index (χ3n) is 3.12. The zero-order chi connectivity index (χ0) is 9.69. The molecular formula is C9H10O4. The van der Waals surface area contributed by atoms with Crippen LogP contribution in [0.3, 0.4) is 0 Å². The molecule has 2 aliphatic carbocycles. The normalized spacial score (nSPS) is 26.2. The maximum Gasteiger partial charge on any atom is 0.321 e. The van der Waals surface area contributed by atoms with E-state index in [4.69, 9.17) is 10.2 Å². The van der Waals surface area contributed by atoms with E-state index < -0.39 is 17.4 Å². The molecule has 1 spiro atoms. The topological polar surface area (TPSA) is 74.6 Å². The first-order valence-electron chi connectivity index (χ1n) is 4.15. The summed E-state index contributed by atoms with van der Waals surface area (Å²) in [7, 11) is 0. The van der Waals surface area contributed by atoms with Gasteiger partial charge in [0.05, 0.1) is 0 Å². The highest BCUT2D eigenvalue weighted by Crippen LogP contribution is 2.61. The fourth-order valence-corrected chi connectivity index (χ4v) is 2.26. The van der Waals surface area contributed by atoms with Crippen molar-refractivity contribution in [3.63, 3.8) is 0 Å². The quantitative estimate of drug-likeness (QED) is 0.491. The Morgan fingerprint density at radius 1 is 1.15 bits per heavy atom. The van der Waals surface area contributed by atoms with Crippen LogP contribution in [-0.4, -0.2) is 22.2 Å². The molecule has 2 rings (SSSR count). The maximum atomic E-state index is 10.8. The fraction of sp³-hybridized carbons (Fsp3) is 0.556. The van der Waals surface area contributed by atoms with Crippen molar-refractivity contribution >= 4 is 11.9 Å². The van der Waals surface area contributed by atoms with Gasteiger partial charge in [0.1, 0.15) is 0 Å². The van der Waals surface area contributed by atoms with Crippen molar-refractivity contribution in [2.75, 3.05) is 0 Å². The van der Waals surface area contributed by atoms with Crippen molar-refractivity contribution in [2.24, 2.45) is 10.8 Å². The number of aliphatic carboxylic acids is 2. The molecule has 0 amide bonds. The molecule has 1 fully saturated rings. The van der Waals surface area contributed by atoms with Crippen LogP contribution in [0.25, 0.3) is 0 Å². The first kappa shape index (κ1) is 8.29. The third kappa shape index (κ3) is 0.855. The van der Waals surface area contributed by atoms with Gasteiger partial charge in [-0.3, -0.25) is 9.59 Å². The molecule has 0 heterocycles. The van der Waals surface area contributed by atoms with Gasteiger partial charge >= 0.3 is 11.9 Å². The number of carboxylic acids is 2. The minimum absolute atomic E-state index is 0.100. The van der Waals surface area contributed by atoms with Crippen molar-refractivity contribution in [3.05, 3.63) is 12.2 Å². The van der Waals surface area contributed by atoms with Gasteiger partial charge in [0.15, 0.2) is 5.41 Å². The highest BCUT2D eigenvalue weighted by atomic mass is 16.4. The van der Waals surface area contributed by atoms with Crippen LogP contribution in [-0.2, 0) is 9.59 Å². The summed E-state index contributed by atoms with van der Waals surface area (Å²) >= 11 is 0. The van der Waals surface area contributed by atoms with Gasteiger partial charge in [-0.1, -0.05) is 12.2 Å². The minimum Gasteiger partial charge on any atom is -0.480 e. The average Bonchev–Trinajstić information content (AvgIpc) is 1.78. The van der Waals surface area contributed by atoms with E-state index in [2.05, 4.69) is 0 Å². The second-order valence-corrected chi connectivity index (χ2v) is 4.01. The van der Waals surface area contributed by atoms with E-state index in [1.54, 1.807) is 0 Å². The standard InChI is InChI=1S/C9H10O4/c10-6(11)9(7(12)13)4-8(5-9)2-1-3-8/h1-2H,3-5H2,(H,10,11)(H,12,13). The molecule has 0 aromatic rings. The van der Waals surface area contributed by atoms with Crippen molar-refractivity contribution in [2.45, 2.75) is 19.3 Å². The summed E-state index contributed by atoms with van der Waals surface area (Å²) < 4.78 is 0. The van der Waals surface area contributed by atoms with Crippen LogP contribution in [0.2, 0.25) is 0 Å². The van der Waals surface area contributed by atoms with Gasteiger partial charge in [-0.15, -0.1) is 0 Å². The van der Waals surface area contributed by atoms with Crippen molar-refractivity contribution in [1.29, 1.82) is 0 Å². The highest BCUT2D eigenvalue weighted by Gasteiger charge is 2.64. The lowest BCUT2D eigenvalue weighted by atomic mass is 9.48. The van der Waals surface area contributed by atoms with Gasteiger partial charge in [-0.25, -0.2) is 0 Å². The summed E-state index contributed by atoms with van der Waals surface area (Å²) in [5.41, 5.74) is -1.61. The number of allylic oxidation sites excluding steroid dienone is 2. The smallest absolute Gasteiger partial charge is 0.321 e. The minimum atomic E-state index is -1.51. The van der Waals surface area contributed by atoms with E-state index in [9.17, 15) is 9.59 Å². The fourth-order valence-electron chi connectivity index (χ4n) is 2.26. The molecule has 0 radical (unpaired) electrons. The number of carboxylic acid groups (broad SMARTS) is 2. The van der Waals surface area contributed by atoms with Gasteiger partial charge in [-0.05, 0) is 24.7 Å². The molecule has 13 heavy (non-hydrogen) atoms. The summed E-state index contributed by atoms with van der Waals surface area (Å²) in [5.74, 6) is -2.41. The zero-order valence-corrected chi connectivity index (χ0v) is 6.99. The van der Waals surface area contributed by atoms with E-state index >= 15 is 0 Å². The van der Waals surface area contributed by atoms with Gasteiger partial charge in [0.2, 0.25) is 0 Å². The van der Waals surface area contributed by atoms with Crippen molar-refractivity contribution in [1.82, 2.24) is 0 Å². The van der Waals surface area contributed by atoms with Gasteiger partial charge < -0.3 is 10.2 Å². The molecule has 4 heteroatoms. The lowest BCUT2D eigenvalue weighted by Crippen LogP contribution is -2.56. The molecule has 0 aliphatic heterocycles. The van der Waals surface area contributed by atoms with E-state index in [-0.39, 0.29) is 18.3 Å². The zero-order valence-electron chi connectivity index (χ0n) is 6.99. The molecule has 0 saturated heterocycles. The molecule has 0 bridgehead atoms. The van der Waals surface area contributed by atoms with E-state index in [1.165, 1.54) is 0 Å². The maximum absolute atomic E-state index is 10.8. The molecule has 4 nitrogen and oxygen atoms in total. The summed E-state index contributed by atoms with van der Waals surface area (Å²) in [6.45, 7) is 0. The van der Waals surface area contributed by atoms with Crippen LogP contribution < -0.4 is 0 Å². The Bertz CT molecular complexity index is 294. The second kappa shape index (κ2) is 2.13. The van der Waals surface area contributed by atoms with Crippen molar-refractivity contribution < 1.29 is 19.8 Å². The molecule has 1 saturated carbocycles. The van der Waals surface area contributed by atoms with Crippen LogP contribution in [0.5, 0.6) is 0 Å². The predicted molar refractivity (Wildman–Crippen MR) is 43.1 cm³/mol. The summed E-state index contributed by atoms with van der Waals surface area (Å²) in [5, 5.41) is 17.6. The highest BCUT2D eigenvalue weighted by molar-refractivity contribution is 5.99. The van der Waals surface area contributed by atoms with Crippen LogP contribution in [0.1, 0.15) is 19.3 Å². The summed E-state index contributed by atoms with van der Waals surface area (Å²) in [4.78, 5) is 21.5. The Labute approximate surface area is 74.9 Å². The first-order chi connectivity index (χ1) is 6.01. The van der Waals surface area contributed by atoms with E-state index in [1.807, 2.05) is 12.2 Å². The summed E-state index contributed by atoms with van der Waals surface area (Å²) in [6, 6.07) is 0. The lowest BCUT2D eigenvalue weighted by Gasteiger charge is -2.53. The van der Waals surface area contributed by atoms with Gasteiger partial charge in [0, 0.05) is 0 Å². The largest absolute Gasteiger partial charge is 0.480 e. The number of hydrogen-bond acceptors (Lipinski definition) is 2. The number of carbonyl (C=O) groups is 2. The molecule has 0 unspecified atom stereocenters. The van der Waals surface area contributed by atoms with Crippen molar-refractivity contribution in [3.8, 4) is 0 Å². The van der Waals surface area contributed by atoms with Crippen LogP contribution in [0.15, 0.2) is 12.2 Å². The lowest BCUT2D eigenvalue weighted by molar-refractivity contribution is -0.181. The molecule has 0 aromatic heterocycles. The average molecular weight is 182 g/mol. The molecule has 70 valence electrons. The molecule has 0 atom stereocenters. The molecule has 2 aliphatic rings. The molecule has 0 aromatic carbocycles.